The molecule has 13 heteroatoms. The van der Waals surface area contributed by atoms with Crippen LogP contribution in [0, 0.1) is 34.8 Å². The molecule has 0 bridgehead atoms. The monoisotopic (exact) mass is 590 g/mol. The standard InChI is InChI=1S/C29H18F4N6O2S/c30-20-6-11-24(25(31)13-20)28(40,14-27-36-38-39-37-27)29(32,33)26-12-5-19(16-35-26)2-1-18-3-7-21(8-4-18)41-17-23-10-9-22(15-34)42-23/h3-13,16,40H,14,17H2,(H,36,37,38,39). The summed E-state index contributed by atoms with van der Waals surface area (Å²) in [5, 5.41) is 32.7. The minimum atomic E-state index is -4.17. The summed E-state index contributed by atoms with van der Waals surface area (Å²) in [7, 11) is 0. The van der Waals surface area contributed by atoms with Gasteiger partial charge in [-0.25, -0.2) is 8.78 Å². The highest BCUT2D eigenvalue weighted by atomic mass is 32.1. The third kappa shape index (κ3) is 5.98. The van der Waals surface area contributed by atoms with Gasteiger partial charge in [0, 0.05) is 33.8 Å². The second kappa shape index (κ2) is 11.8. The van der Waals surface area contributed by atoms with Crippen LogP contribution in [0.15, 0.2) is 72.9 Å². The molecule has 0 amide bonds. The maximum Gasteiger partial charge on any atom is 0.322 e. The number of tetrazole rings is 1. The van der Waals surface area contributed by atoms with E-state index in [1.54, 1.807) is 30.3 Å². The summed E-state index contributed by atoms with van der Waals surface area (Å²) in [6, 6.07) is 16.7. The lowest BCUT2D eigenvalue weighted by molar-refractivity contribution is -0.199. The van der Waals surface area contributed by atoms with E-state index in [9.17, 15) is 13.9 Å². The number of halogens is 4. The largest absolute Gasteiger partial charge is 0.488 e. The normalized spacial score (nSPS) is 12.6. The molecule has 8 nitrogen and oxygen atoms in total. The van der Waals surface area contributed by atoms with Crippen molar-refractivity contribution in [1.29, 1.82) is 5.26 Å². The van der Waals surface area contributed by atoms with Crippen LogP contribution in [-0.2, 0) is 24.6 Å². The Morgan fingerprint density at radius 2 is 1.74 bits per heavy atom. The lowest BCUT2D eigenvalue weighted by atomic mass is 9.81. The zero-order valence-electron chi connectivity index (χ0n) is 21.4. The first-order chi connectivity index (χ1) is 20.2. The van der Waals surface area contributed by atoms with Crippen LogP contribution in [0.4, 0.5) is 17.6 Å². The van der Waals surface area contributed by atoms with E-state index in [-0.39, 0.29) is 5.82 Å². The van der Waals surface area contributed by atoms with Crippen molar-refractivity contribution >= 4 is 11.3 Å². The number of benzene rings is 2. The predicted molar refractivity (Wildman–Crippen MR) is 142 cm³/mol. The topological polar surface area (TPSA) is 121 Å². The predicted octanol–water partition coefficient (Wildman–Crippen LogP) is 5.01. The number of thiophene rings is 1. The Labute approximate surface area is 240 Å². The molecule has 2 N–H and O–H groups in total. The SMILES string of the molecule is N#Cc1ccc(COc2ccc(C#Cc3ccc(C(F)(F)C(O)(Cc4nn[nH]n4)c4ccc(F)cc4F)nc3)cc2)s1. The van der Waals surface area contributed by atoms with E-state index in [0.29, 0.717) is 34.4 Å². The number of hydrogen-bond donors (Lipinski definition) is 2. The number of rotatable bonds is 8. The zero-order valence-corrected chi connectivity index (χ0v) is 22.2. The van der Waals surface area contributed by atoms with Gasteiger partial charge >= 0.3 is 5.92 Å². The molecule has 0 saturated carbocycles. The average Bonchev–Trinajstić information content (AvgIpc) is 3.67. The van der Waals surface area contributed by atoms with Gasteiger partial charge in [-0.05, 0) is 54.6 Å². The molecule has 0 fully saturated rings. The summed E-state index contributed by atoms with van der Waals surface area (Å²) < 4.78 is 65.6. The minimum Gasteiger partial charge on any atom is -0.488 e. The summed E-state index contributed by atoms with van der Waals surface area (Å²) >= 11 is 1.35. The van der Waals surface area contributed by atoms with E-state index in [1.807, 2.05) is 6.07 Å². The summed E-state index contributed by atoms with van der Waals surface area (Å²) in [4.78, 5) is 5.31. The molecule has 0 aliphatic carbocycles. The summed E-state index contributed by atoms with van der Waals surface area (Å²) in [6.07, 6.45) is 0.149. The van der Waals surface area contributed by atoms with Crippen molar-refractivity contribution in [3.05, 3.63) is 123 Å². The molecule has 5 rings (SSSR count). The number of ether oxygens (including phenoxy) is 1. The number of nitrogens with zero attached hydrogens (tertiary/aromatic N) is 5. The van der Waals surface area contributed by atoms with Crippen molar-refractivity contribution < 1.29 is 27.4 Å². The first-order valence-corrected chi connectivity index (χ1v) is 13.0. The highest BCUT2D eigenvalue weighted by Crippen LogP contribution is 2.47. The van der Waals surface area contributed by atoms with E-state index in [0.717, 1.165) is 29.3 Å². The number of hydrogen-bond acceptors (Lipinski definition) is 8. The number of alkyl halides is 2. The number of pyridine rings is 1. The van der Waals surface area contributed by atoms with Crippen LogP contribution in [-0.4, -0.2) is 30.7 Å². The molecule has 1 atom stereocenters. The van der Waals surface area contributed by atoms with Gasteiger partial charge in [0.25, 0.3) is 0 Å². The Hall–Kier alpha value is -5.11. The summed E-state index contributed by atoms with van der Waals surface area (Å²) in [6.45, 7) is 0.318. The van der Waals surface area contributed by atoms with Gasteiger partial charge in [-0.1, -0.05) is 23.1 Å². The third-order valence-corrected chi connectivity index (χ3v) is 7.11. The molecule has 1 unspecified atom stereocenters. The van der Waals surface area contributed by atoms with E-state index in [4.69, 9.17) is 10.00 Å². The van der Waals surface area contributed by atoms with Gasteiger partial charge < -0.3 is 9.84 Å². The van der Waals surface area contributed by atoms with E-state index in [2.05, 4.69) is 43.5 Å². The second-order valence-corrected chi connectivity index (χ2v) is 10.1. The van der Waals surface area contributed by atoms with Crippen LogP contribution in [0.1, 0.15) is 38.0 Å². The number of H-pyrrole nitrogens is 1. The molecular weight excluding hydrogens is 572 g/mol. The van der Waals surface area contributed by atoms with E-state index >= 15 is 8.78 Å². The molecule has 0 aliphatic rings. The van der Waals surface area contributed by atoms with Gasteiger partial charge in [0.1, 0.15) is 40.6 Å². The molecule has 210 valence electrons. The maximum atomic E-state index is 15.9. The van der Waals surface area contributed by atoms with Gasteiger partial charge in [-0.2, -0.15) is 19.3 Å². The summed E-state index contributed by atoms with van der Waals surface area (Å²) in [5.74, 6) is -0.542. The van der Waals surface area contributed by atoms with Crippen LogP contribution in [0.25, 0.3) is 0 Å². The molecule has 0 aliphatic heterocycles. The molecule has 2 aromatic carbocycles. The molecule has 3 aromatic heterocycles. The highest BCUT2D eigenvalue weighted by molar-refractivity contribution is 7.12. The van der Waals surface area contributed by atoms with E-state index < -0.39 is 40.8 Å². The lowest BCUT2D eigenvalue weighted by Crippen LogP contribution is -2.46. The Kier molecular flexibility index (Phi) is 7.97. The second-order valence-electron chi connectivity index (χ2n) is 8.94. The minimum absolute atomic E-state index is 0.301. The first kappa shape index (κ1) is 28.4. The van der Waals surface area contributed by atoms with Crippen LogP contribution in [0.2, 0.25) is 0 Å². The van der Waals surface area contributed by atoms with Crippen molar-refractivity contribution in [2.75, 3.05) is 0 Å². The van der Waals surface area contributed by atoms with Crippen molar-refractivity contribution in [1.82, 2.24) is 25.6 Å². The molecular formula is C29H18F4N6O2S. The third-order valence-electron chi connectivity index (χ3n) is 6.14. The van der Waals surface area contributed by atoms with Crippen molar-refractivity contribution in [3.63, 3.8) is 0 Å². The highest BCUT2D eigenvalue weighted by Gasteiger charge is 2.58. The first-order valence-electron chi connectivity index (χ1n) is 12.2. The van der Waals surface area contributed by atoms with Crippen LogP contribution >= 0.6 is 11.3 Å². The van der Waals surface area contributed by atoms with Crippen LogP contribution < -0.4 is 4.74 Å². The zero-order chi connectivity index (χ0) is 29.7. The van der Waals surface area contributed by atoms with Gasteiger partial charge in [0.2, 0.25) is 0 Å². The van der Waals surface area contributed by atoms with Crippen LogP contribution in [0.5, 0.6) is 5.75 Å². The smallest absolute Gasteiger partial charge is 0.322 e. The Morgan fingerprint density at radius 3 is 2.38 bits per heavy atom. The molecule has 0 radical (unpaired) electrons. The van der Waals surface area contributed by atoms with Crippen molar-refractivity contribution in [2.45, 2.75) is 24.6 Å². The van der Waals surface area contributed by atoms with Gasteiger partial charge in [-0.15, -0.1) is 21.5 Å². The molecule has 0 spiro atoms. The average molecular weight is 591 g/mol. The van der Waals surface area contributed by atoms with Crippen molar-refractivity contribution in [3.8, 4) is 23.7 Å². The number of nitriles is 1. The molecule has 0 saturated heterocycles. The summed E-state index contributed by atoms with van der Waals surface area (Å²) in [5.41, 5.74) is -4.05. The van der Waals surface area contributed by atoms with Gasteiger partial charge in [-0.3, -0.25) is 4.98 Å². The Bertz CT molecular complexity index is 1790. The lowest BCUT2D eigenvalue weighted by Gasteiger charge is -2.35. The van der Waals surface area contributed by atoms with Gasteiger partial charge in [0.15, 0.2) is 11.4 Å². The number of aromatic amines is 1. The van der Waals surface area contributed by atoms with Crippen molar-refractivity contribution in [2.24, 2.45) is 0 Å². The number of nitrogens with one attached hydrogen (secondary N) is 1. The fraction of sp³-hybridized carbons (Fsp3) is 0.138. The van der Waals surface area contributed by atoms with Crippen LogP contribution in [0.3, 0.4) is 0 Å². The number of aromatic nitrogens is 5. The van der Waals surface area contributed by atoms with E-state index in [1.165, 1.54) is 17.4 Å². The molecule has 5 aromatic rings. The fourth-order valence-corrected chi connectivity index (χ4v) is 4.72. The molecule has 3 heterocycles. The maximum absolute atomic E-state index is 15.9. The quantitative estimate of drug-likeness (QED) is 0.193. The Morgan fingerprint density at radius 1 is 0.976 bits per heavy atom. The molecule has 42 heavy (non-hydrogen) atoms. The fourth-order valence-electron chi connectivity index (χ4n) is 4.00. The Balaban J connectivity index is 1.33. The number of aliphatic hydroxyl groups is 1. The van der Waals surface area contributed by atoms with Gasteiger partial charge in [0.05, 0.1) is 6.42 Å².